The van der Waals surface area contributed by atoms with Crippen molar-refractivity contribution in [1.29, 1.82) is 0 Å². The van der Waals surface area contributed by atoms with Gasteiger partial charge >= 0.3 is 0 Å². The van der Waals surface area contributed by atoms with Gasteiger partial charge in [0, 0.05) is 6.61 Å². The van der Waals surface area contributed by atoms with Gasteiger partial charge in [0.05, 0.1) is 0 Å². The first-order chi connectivity index (χ1) is 4.34. The number of hydrogen-bond donors (Lipinski definition) is 2. The van der Waals surface area contributed by atoms with Crippen LogP contribution < -0.4 is 11.3 Å². The summed E-state index contributed by atoms with van der Waals surface area (Å²) in [7, 11) is 0. The average Bonchev–Trinajstić information content (AvgIpc) is 2.37. The van der Waals surface area contributed by atoms with E-state index in [0.29, 0.717) is 6.61 Å². The SMILES string of the molecule is NNC(=O)[C@@H]1CCCO1. The molecule has 1 aliphatic heterocycles. The number of nitrogens with one attached hydrogen (secondary N) is 1. The van der Waals surface area contributed by atoms with Crippen LogP contribution in [0.5, 0.6) is 0 Å². The molecule has 1 atom stereocenters. The molecule has 1 amide bonds. The molecule has 0 aromatic carbocycles. The van der Waals surface area contributed by atoms with E-state index >= 15 is 0 Å². The largest absolute Gasteiger partial charge is 0.368 e. The normalized spacial score (nSPS) is 26.1. The van der Waals surface area contributed by atoms with Crippen LogP contribution in [0.25, 0.3) is 0 Å². The molecule has 4 nitrogen and oxygen atoms in total. The van der Waals surface area contributed by atoms with Crippen molar-refractivity contribution in [2.75, 3.05) is 6.61 Å². The van der Waals surface area contributed by atoms with Gasteiger partial charge in [-0.1, -0.05) is 0 Å². The maximum absolute atomic E-state index is 10.7. The molecule has 0 aromatic heterocycles. The summed E-state index contributed by atoms with van der Waals surface area (Å²) in [5.74, 6) is 4.66. The van der Waals surface area contributed by atoms with E-state index < -0.39 is 0 Å². The fourth-order valence-electron chi connectivity index (χ4n) is 0.877. The predicted molar refractivity (Wildman–Crippen MR) is 31.3 cm³/mol. The van der Waals surface area contributed by atoms with Gasteiger partial charge in [-0.2, -0.15) is 0 Å². The van der Waals surface area contributed by atoms with Crippen LogP contribution in [-0.4, -0.2) is 18.6 Å². The molecule has 1 rings (SSSR count). The minimum absolute atomic E-state index is 0.215. The minimum Gasteiger partial charge on any atom is -0.368 e. The number of carbonyl (C=O) groups is 1. The average molecular weight is 130 g/mol. The van der Waals surface area contributed by atoms with Crippen LogP contribution in [0.4, 0.5) is 0 Å². The summed E-state index contributed by atoms with van der Waals surface area (Å²) >= 11 is 0. The Morgan fingerprint density at radius 1 is 1.78 bits per heavy atom. The molecule has 0 bridgehead atoms. The summed E-state index contributed by atoms with van der Waals surface area (Å²) in [5, 5.41) is 0. The molecule has 0 saturated carbocycles. The summed E-state index contributed by atoms with van der Waals surface area (Å²) in [6.07, 6.45) is 1.45. The second kappa shape index (κ2) is 2.80. The van der Waals surface area contributed by atoms with Crippen molar-refractivity contribution in [3.05, 3.63) is 0 Å². The number of nitrogens with two attached hydrogens (primary N) is 1. The first-order valence-electron chi connectivity index (χ1n) is 2.96. The van der Waals surface area contributed by atoms with E-state index in [1.807, 2.05) is 5.43 Å². The van der Waals surface area contributed by atoms with Crippen molar-refractivity contribution in [1.82, 2.24) is 5.43 Å². The highest BCUT2D eigenvalue weighted by molar-refractivity contribution is 5.80. The van der Waals surface area contributed by atoms with E-state index in [0.717, 1.165) is 12.8 Å². The Balaban J connectivity index is 2.32. The number of carbonyl (C=O) groups excluding carboxylic acids is 1. The van der Waals surface area contributed by atoms with Gasteiger partial charge in [0.2, 0.25) is 0 Å². The third-order valence-electron chi connectivity index (χ3n) is 1.36. The van der Waals surface area contributed by atoms with Crippen molar-refractivity contribution < 1.29 is 9.53 Å². The molecule has 0 radical (unpaired) electrons. The first-order valence-corrected chi connectivity index (χ1v) is 2.96. The minimum atomic E-state index is -0.296. The van der Waals surface area contributed by atoms with Crippen LogP contribution in [0, 0.1) is 0 Å². The Morgan fingerprint density at radius 2 is 2.56 bits per heavy atom. The number of hydrogen-bond acceptors (Lipinski definition) is 3. The van der Waals surface area contributed by atoms with Gasteiger partial charge in [-0.15, -0.1) is 0 Å². The topological polar surface area (TPSA) is 64.3 Å². The second-order valence-electron chi connectivity index (χ2n) is 2.01. The molecule has 1 heterocycles. The van der Waals surface area contributed by atoms with Gasteiger partial charge in [-0.25, -0.2) is 5.84 Å². The number of ether oxygens (including phenoxy) is 1. The van der Waals surface area contributed by atoms with Crippen LogP contribution in [0.15, 0.2) is 0 Å². The van der Waals surface area contributed by atoms with E-state index in [-0.39, 0.29) is 12.0 Å². The van der Waals surface area contributed by atoms with E-state index in [9.17, 15) is 4.79 Å². The molecular weight excluding hydrogens is 120 g/mol. The predicted octanol–water partition coefficient (Wildman–Crippen LogP) is -0.845. The fraction of sp³-hybridized carbons (Fsp3) is 0.800. The van der Waals surface area contributed by atoms with Gasteiger partial charge in [0.1, 0.15) is 6.10 Å². The second-order valence-corrected chi connectivity index (χ2v) is 2.01. The summed E-state index contributed by atoms with van der Waals surface area (Å²) in [4.78, 5) is 10.7. The molecule has 3 N–H and O–H groups in total. The Morgan fingerprint density at radius 3 is 3.00 bits per heavy atom. The quantitative estimate of drug-likeness (QED) is 0.276. The first kappa shape index (κ1) is 6.51. The smallest absolute Gasteiger partial charge is 0.262 e. The van der Waals surface area contributed by atoms with E-state index in [1.165, 1.54) is 0 Å². The monoisotopic (exact) mass is 130 g/mol. The summed E-state index contributed by atoms with van der Waals surface area (Å²) in [5.41, 5.74) is 2.04. The number of amides is 1. The summed E-state index contributed by atoms with van der Waals surface area (Å²) in [6.45, 7) is 0.679. The number of hydrazine groups is 1. The maximum atomic E-state index is 10.7. The maximum Gasteiger partial charge on any atom is 0.262 e. The molecule has 52 valence electrons. The Labute approximate surface area is 53.3 Å². The lowest BCUT2D eigenvalue weighted by atomic mass is 10.2. The molecule has 1 aliphatic rings. The highest BCUT2D eigenvalue weighted by Gasteiger charge is 2.21. The molecule has 1 fully saturated rings. The van der Waals surface area contributed by atoms with Crippen molar-refractivity contribution in [2.24, 2.45) is 5.84 Å². The molecular formula is C5H10N2O2. The highest BCUT2D eigenvalue weighted by atomic mass is 16.5. The molecule has 0 aromatic rings. The van der Waals surface area contributed by atoms with Crippen LogP contribution in [-0.2, 0) is 9.53 Å². The Bertz CT molecular complexity index is 110. The molecule has 0 spiro atoms. The lowest BCUT2D eigenvalue weighted by molar-refractivity contribution is -0.130. The van der Waals surface area contributed by atoms with Crippen molar-refractivity contribution >= 4 is 5.91 Å². The van der Waals surface area contributed by atoms with Gasteiger partial charge in [-0.05, 0) is 12.8 Å². The Kier molecular flexibility index (Phi) is 2.02. The van der Waals surface area contributed by atoms with Gasteiger partial charge in [0.25, 0.3) is 5.91 Å². The van der Waals surface area contributed by atoms with Crippen molar-refractivity contribution in [3.63, 3.8) is 0 Å². The molecule has 9 heavy (non-hydrogen) atoms. The highest BCUT2D eigenvalue weighted by Crippen LogP contribution is 2.10. The zero-order valence-electron chi connectivity index (χ0n) is 5.09. The van der Waals surface area contributed by atoms with Gasteiger partial charge < -0.3 is 4.74 Å². The molecule has 4 heteroatoms. The van der Waals surface area contributed by atoms with Crippen LogP contribution in [0.1, 0.15) is 12.8 Å². The summed E-state index contributed by atoms with van der Waals surface area (Å²) in [6, 6.07) is 0. The van der Waals surface area contributed by atoms with E-state index in [4.69, 9.17) is 10.6 Å². The third-order valence-corrected chi connectivity index (χ3v) is 1.36. The fourth-order valence-corrected chi connectivity index (χ4v) is 0.877. The van der Waals surface area contributed by atoms with Crippen LogP contribution in [0.3, 0.4) is 0 Å². The lowest BCUT2D eigenvalue weighted by Gasteiger charge is -2.04. The van der Waals surface area contributed by atoms with E-state index in [2.05, 4.69) is 0 Å². The molecule has 0 unspecified atom stereocenters. The standard InChI is InChI=1S/C5H10N2O2/c6-7-5(8)4-2-1-3-9-4/h4H,1-3,6H2,(H,7,8)/t4-/m0/s1. The van der Waals surface area contributed by atoms with Gasteiger partial charge in [-0.3, -0.25) is 10.2 Å². The lowest BCUT2D eigenvalue weighted by Crippen LogP contribution is -2.38. The zero-order valence-corrected chi connectivity index (χ0v) is 5.09. The van der Waals surface area contributed by atoms with Gasteiger partial charge in [0.15, 0.2) is 0 Å². The Hall–Kier alpha value is -0.610. The molecule has 0 aliphatic carbocycles. The van der Waals surface area contributed by atoms with E-state index in [1.54, 1.807) is 0 Å². The van der Waals surface area contributed by atoms with Crippen molar-refractivity contribution in [3.8, 4) is 0 Å². The third kappa shape index (κ3) is 1.40. The zero-order chi connectivity index (χ0) is 6.69. The number of rotatable bonds is 1. The van der Waals surface area contributed by atoms with Crippen molar-refractivity contribution in [2.45, 2.75) is 18.9 Å². The van der Waals surface area contributed by atoms with Crippen LogP contribution in [0.2, 0.25) is 0 Å². The van der Waals surface area contributed by atoms with Crippen LogP contribution >= 0.6 is 0 Å². The summed E-state index contributed by atoms with van der Waals surface area (Å²) < 4.78 is 5.01. The molecule has 1 saturated heterocycles.